The number of rotatable bonds is 8. The third kappa shape index (κ3) is 7.53. The van der Waals surface area contributed by atoms with E-state index in [1.54, 1.807) is 24.3 Å². The number of primary amides is 1. The second-order valence-corrected chi connectivity index (χ2v) is 5.80. The minimum absolute atomic E-state index is 0.0660. The second kappa shape index (κ2) is 7.85. The number of hydrogen-bond acceptors (Lipinski definition) is 5. The summed E-state index contributed by atoms with van der Waals surface area (Å²) in [4.78, 5) is 10.7. The van der Waals surface area contributed by atoms with Crippen molar-refractivity contribution in [3.63, 3.8) is 0 Å². The predicted molar refractivity (Wildman–Crippen MR) is 80.4 cm³/mol. The topological polar surface area (TPSA) is 93.8 Å². The summed E-state index contributed by atoms with van der Waals surface area (Å²) in [6.07, 6.45) is -0.645. The van der Waals surface area contributed by atoms with E-state index in [0.717, 1.165) is 0 Å². The number of aliphatic hydroxyl groups is 1. The molecule has 0 aliphatic heterocycles. The van der Waals surface area contributed by atoms with Crippen LogP contribution in [0.3, 0.4) is 0 Å². The lowest BCUT2D eigenvalue weighted by atomic mass is 10.1. The molecule has 4 N–H and O–H groups in total. The zero-order valence-corrected chi connectivity index (χ0v) is 12.8. The molecule has 21 heavy (non-hydrogen) atoms. The van der Waals surface area contributed by atoms with E-state index in [9.17, 15) is 9.90 Å². The van der Waals surface area contributed by atoms with E-state index in [4.69, 9.17) is 15.2 Å². The van der Waals surface area contributed by atoms with E-state index in [-0.39, 0.29) is 18.8 Å². The van der Waals surface area contributed by atoms with Gasteiger partial charge in [-0.25, -0.2) is 0 Å². The van der Waals surface area contributed by atoms with Gasteiger partial charge in [0.05, 0.1) is 0 Å². The maximum atomic E-state index is 10.7. The van der Waals surface area contributed by atoms with Crippen LogP contribution in [0.5, 0.6) is 11.5 Å². The Morgan fingerprint density at radius 2 is 1.86 bits per heavy atom. The number of nitrogens with one attached hydrogen (secondary N) is 1. The summed E-state index contributed by atoms with van der Waals surface area (Å²) in [5.41, 5.74) is 4.97. The highest BCUT2D eigenvalue weighted by Gasteiger charge is 2.13. The summed E-state index contributed by atoms with van der Waals surface area (Å²) in [6, 6.07) is 6.94. The zero-order valence-electron chi connectivity index (χ0n) is 12.8. The normalized spacial score (nSPS) is 12.8. The molecule has 0 radical (unpaired) electrons. The van der Waals surface area contributed by atoms with Crippen LogP contribution in [-0.2, 0) is 4.79 Å². The Kier molecular flexibility index (Phi) is 6.45. The van der Waals surface area contributed by atoms with E-state index in [0.29, 0.717) is 18.0 Å². The lowest BCUT2D eigenvalue weighted by Gasteiger charge is -2.23. The number of benzene rings is 1. The van der Waals surface area contributed by atoms with Crippen LogP contribution in [0.15, 0.2) is 24.3 Å². The van der Waals surface area contributed by atoms with E-state index in [1.807, 2.05) is 20.8 Å². The highest BCUT2D eigenvalue weighted by atomic mass is 16.5. The Morgan fingerprint density at radius 1 is 1.29 bits per heavy atom. The van der Waals surface area contributed by atoms with Crippen LogP contribution in [0.1, 0.15) is 20.8 Å². The molecule has 0 saturated carbocycles. The molecule has 6 heteroatoms. The van der Waals surface area contributed by atoms with Gasteiger partial charge in [0, 0.05) is 12.1 Å². The van der Waals surface area contributed by atoms with Crippen LogP contribution in [0.2, 0.25) is 0 Å². The number of amides is 1. The first-order chi connectivity index (χ1) is 9.78. The molecular formula is C15H24N2O4. The van der Waals surface area contributed by atoms with Crippen molar-refractivity contribution in [1.29, 1.82) is 0 Å². The van der Waals surface area contributed by atoms with Crippen molar-refractivity contribution in [3.05, 3.63) is 24.3 Å². The summed E-state index contributed by atoms with van der Waals surface area (Å²) < 4.78 is 10.8. The molecular weight excluding hydrogens is 272 g/mol. The second-order valence-electron chi connectivity index (χ2n) is 5.80. The number of β-amino-alcohol motifs (C(OH)–C–C–N with tert-alkyl or cyclic N) is 1. The van der Waals surface area contributed by atoms with Crippen molar-refractivity contribution < 1.29 is 19.4 Å². The molecule has 0 aliphatic rings. The van der Waals surface area contributed by atoms with Crippen LogP contribution < -0.4 is 20.5 Å². The van der Waals surface area contributed by atoms with Gasteiger partial charge in [-0.1, -0.05) is 12.1 Å². The average Bonchev–Trinajstić information content (AvgIpc) is 2.40. The number of hydrogen-bond donors (Lipinski definition) is 3. The predicted octanol–water partition coefficient (Wildman–Crippen LogP) is 0.678. The molecule has 1 atom stereocenters. The van der Waals surface area contributed by atoms with Crippen LogP contribution in [0.4, 0.5) is 0 Å². The van der Waals surface area contributed by atoms with Gasteiger partial charge in [-0.2, -0.15) is 0 Å². The fourth-order valence-corrected chi connectivity index (χ4v) is 1.51. The Labute approximate surface area is 125 Å². The molecule has 6 nitrogen and oxygen atoms in total. The average molecular weight is 296 g/mol. The molecule has 118 valence electrons. The number of carbonyl (C=O) groups excluding carboxylic acids is 1. The summed E-state index contributed by atoms with van der Waals surface area (Å²) in [6.45, 7) is 6.40. The molecule has 0 spiro atoms. The van der Waals surface area contributed by atoms with Gasteiger partial charge < -0.3 is 25.6 Å². The molecule has 1 aromatic carbocycles. The number of ether oxygens (including phenoxy) is 2. The van der Waals surface area contributed by atoms with Crippen LogP contribution in [0, 0.1) is 0 Å². The first-order valence-corrected chi connectivity index (χ1v) is 6.84. The monoisotopic (exact) mass is 296 g/mol. The fraction of sp³-hybridized carbons (Fsp3) is 0.533. The summed E-state index contributed by atoms with van der Waals surface area (Å²) in [5, 5.41) is 13.1. The SMILES string of the molecule is CC(C)(C)NCC(O)COc1ccccc1OCC(N)=O. The van der Waals surface area contributed by atoms with Gasteiger partial charge in [0.25, 0.3) is 5.91 Å². The third-order valence-corrected chi connectivity index (χ3v) is 2.52. The Bertz CT molecular complexity index is 457. The van der Waals surface area contributed by atoms with Gasteiger partial charge in [-0.3, -0.25) is 4.79 Å². The van der Waals surface area contributed by atoms with Crippen molar-refractivity contribution in [2.45, 2.75) is 32.4 Å². The molecule has 1 aromatic rings. The van der Waals surface area contributed by atoms with Crippen molar-refractivity contribution >= 4 is 5.91 Å². The van der Waals surface area contributed by atoms with Gasteiger partial charge in [0.15, 0.2) is 18.1 Å². The number of nitrogens with two attached hydrogens (primary N) is 1. The van der Waals surface area contributed by atoms with Gasteiger partial charge in [0.2, 0.25) is 0 Å². The van der Waals surface area contributed by atoms with Gasteiger partial charge >= 0.3 is 0 Å². The minimum Gasteiger partial charge on any atom is -0.487 e. The van der Waals surface area contributed by atoms with Gasteiger partial charge in [-0.15, -0.1) is 0 Å². The maximum absolute atomic E-state index is 10.7. The molecule has 0 aliphatic carbocycles. The standard InChI is InChI=1S/C15H24N2O4/c1-15(2,3)17-8-11(18)9-20-12-6-4-5-7-13(12)21-10-14(16)19/h4-7,11,17-18H,8-10H2,1-3H3,(H2,16,19). The minimum atomic E-state index is -0.645. The van der Waals surface area contributed by atoms with Gasteiger partial charge in [-0.05, 0) is 32.9 Å². The largest absolute Gasteiger partial charge is 0.487 e. The fourth-order valence-electron chi connectivity index (χ4n) is 1.51. The molecule has 1 amide bonds. The highest BCUT2D eigenvalue weighted by Crippen LogP contribution is 2.26. The number of aliphatic hydroxyl groups excluding tert-OH is 1. The van der Waals surface area contributed by atoms with Gasteiger partial charge in [0.1, 0.15) is 12.7 Å². The number of carbonyl (C=O) groups is 1. The van der Waals surface area contributed by atoms with E-state index < -0.39 is 12.0 Å². The number of para-hydroxylation sites is 2. The summed E-state index contributed by atoms with van der Waals surface area (Å²) in [5.74, 6) is 0.333. The quantitative estimate of drug-likeness (QED) is 0.656. The van der Waals surface area contributed by atoms with E-state index >= 15 is 0 Å². The lowest BCUT2D eigenvalue weighted by molar-refractivity contribution is -0.119. The molecule has 1 rings (SSSR count). The van der Waals surface area contributed by atoms with Crippen molar-refractivity contribution in [2.75, 3.05) is 19.8 Å². The summed E-state index contributed by atoms with van der Waals surface area (Å²) in [7, 11) is 0. The Hall–Kier alpha value is -1.79. The Balaban J connectivity index is 2.49. The molecule has 0 saturated heterocycles. The van der Waals surface area contributed by atoms with Crippen molar-refractivity contribution in [1.82, 2.24) is 5.32 Å². The van der Waals surface area contributed by atoms with Crippen LogP contribution >= 0.6 is 0 Å². The van der Waals surface area contributed by atoms with Crippen molar-refractivity contribution in [2.24, 2.45) is 5.73 Å². The van der Waals surface area contributed by atoms with E-state index in [2.05, 4.69) is 5.32 Å². The highest BCUT2D eigenvalue weighted by molar-refractivity contribution is 5.75. The van der Waals surface area contributed by atoms with Crippen LogP contribution in [0.25, 0.3) is 0 Å². The van der Waals surface area contributed by atoms with E-state index in [1.165, 1.54) is 0 Å². The molecule has 0 bridgehead atoms. The first kappa shape index (κ1) is 17.3. The zero-order chi connectivity index (χ0) is 15.9. The maximum Gasteiger partial charge on any atom is 0.255 e. The molecule has 0 fully saturated rings. The Morgan fingerprint density at radius 3 is 2.38 bits per heavy atom. The lowest BCUT2D eigenvalue weighted by Crippen LogP contribution is -2.42. The van der Waals surface area contributed by atoms with Crippen LogP contribution in [-0.4, -0.2) is 42.4 Å². The molecule has 1 unspecified atom stereocenters. The first-order valence-electron chi connectivity index (χ1n) is 6.84. The van der Waals surface area contributed by atoms with Crippen molar-refractivity contribution in [3.8, 4) is 11.5 Å². The molecule has 0 heterocycles. The summed E-state index contributed by atoms with van der Waals surface area (Å²) >= 11 is 0. The smallest absolute Gasteiger partial charge is 0.255 e. The third-order valence-electron chi connectivity index (χ3n) is 2.52. The molecule has 0 aromatic heterocycles.